The van der Waals surface area contributed by atoms with Crippen LogP contribution in [0.3, 0.4) is 0 Å². The van der Waals surface area contributed by atoms with Crippen LogP contribution in [0.1, 0.15) is 22.3 Å². The molecule has 2 heterocycles. The number of carbonyl (C=O) groups is 3. The van der Waals surface area contributed by atoms with E-state index in [2.05, 4.69) is 28.7 Å². The second kappa shape index (κ2) is 11.7. The van der Waals surface area contributed by atoms with Crippen LogP contribution in [0.15, 0.2) is 65.6 Å². The molecule has 0 radical (unpaired) electrons. The van der Waals surface area contributed by atoms with Gasteiger partial charge in [0.1, 0.15) is 18.9 Å². The summed E-state index contributed by atoms with van der Waals surface area (Å²) >= 11 is 15.2. The molecular formula is C28H21Cl2IN2O4S. The van der Waals surface area contributed by atoms with Crippen LogP contribution < -0.4 is 4.74 Å². The number of thioether (sulfide) groups is 1. The highest BCUT2D eigenvalue weighted by Gasteiger charge is 2.37. The van der Waals surface area contributed by atoms with E-state index in [1.54, 1.807) is 29.2 Å². The number of benzene rings is 3. The number of rotatable bonds is 6. The van der Waals surface area contributed by atoms with Crippen molar-refractivity contribution in [1.29, 1.82) is 0 Å². The lowest BCUT2D eigenvalue weighted by Crippen LogP contribution is -2.44. The molecule has 0 aliphatic carbocycles. The molecular weight excluding hydrogens is 658 g/mol. The van der Waals surface area contributed by atoms with Gasteiger partial charge in [0.05, 0.1) is 8.48 Å². The third kappa shape index (κ3) is 6.03. The maximum absolute atomic E-state index is 13.0. The Hall–Kier alpha value is -2.53. The molecule has 0 N–H and O–H groups in total. The van der Waals surface area contributed by atoms with Gasteiger partial charge in [0.25, 0.3) is 11.1 Å². The SMILES string of the molecule is O=C(CN1C(=O)S/C(=C\c2ccc(OCc3ccc(Cl)cc3Cl)c(I)c2)C1=O)N1CCc2ccccc2C1. The minimum Gasteiger partial charge on any atom is -0.488 e. The highest BCUT2D eigenvalue weighted by Crippen LogP contribution is 2.34. The Balaban J connectivity index is 1.22. The number of hydrogen-bond donors (Lipinski definition) is 0. The van der Waals surface area contributed by atoms with Crippen molar-refractivity contribution in [3.8, 4) is 5.75 Å². The van der Waals surface area contributed by atoms with Gasteiger partial charge >= 0.3 is 0 Å². The molecule has 3 aromatic rings. The first-order valence-electron chi connectivity index (χ1n) is 11.7. The van der Waals surface area contributed by atoms with Gasteiger partial charge in [-0.1, -0.05) is 59.6 Å². The zero-order valence-corrected chi connectivity index (χ0v) is 24.4. The minimum absolute atomic E-state index is 0.236. The van der Waals surface area contributed by atoms with Gasteiger partial charge in [-0.2, -0.15) is 0 Å². The van der Waals surface area contributed by atoms with Crippen LogP contribution in [0.4, 0.5) is 4.79 Å². The monoisotopic (exact) mass is 678 g/mol. The van der Waals surface area contributed by atoms with Crippen molar-refractivity contribution in [2.45, 2.75) is 19.6 Å². The van der Waals surface area contributed by atoms with Gasteiger partial charge in [-0.15, -0.1) is 0 Å². The van der Waals surface area contributed by atoms with E-state index in [9.17, 15) is 14.4 Å². The highest BCUT2D eigenvalue weighted by molar-refractivity contribution is 14.1. The fourth-order valence-electron chi connectivity index (χ4n) is 4.25. The van der Waals surface area contributed by atoms with E-state index in [1.165, 1.54) is 5.56 Å². The predicted molar refractivity (Wildman–Crippen MR) is 158 cm³/mol. The number of halogens is 3. The lowest BCUT2D eigenvalue weighted by Gasteiger charge is -2.29. The van der Waals surface area contributed by atoms with E-state index in [-0.39, 0.29) is 24.0 Å². The van der Waals surface area contributed by atoms with E-state index in [0.717, 1.165) is 43.3 Å². The van der Waals surface area contributed by atoms with Gasteiger partial charge in [-0.05, 0) is 87.8 Å². The van der Waals surface area contributed by atoms with Crippen molar-refractivity contribution in [1.82, 2.24) is 9.80 Å². The van der Waals surface area contributed by atoms with Crippen molar-refractivity contribution >= 4 is 80.7 Å². The molecule has 3 amide bonds. The Labute approximate surface area is 248 Å². The molecule has 0 spiro atoms. The van der Waals surface area contributed by atoms with Crippen molar-refractivity contribution in [3.05, 3.63) is 101 Å². The topological polar surface area (TPSA) is 66.9 Å². The highest BCUT2D eigenvalue weighted by atomic mass is 127. The zero-order valence-electron chi connectivity index (χ0n) is 20.0. The largest absolute Gasteiger partial charge is 0.488 e. The fraction of sp³-hybridized carbons (Fsp3) is 0.179. The number of fused-ring (bicyclic) bond motifs is 1. The Morgan fingerprint density at radius 1 is 1.05 bits per heavy atom. The fourth-order valence-corrected chi connectivity index (χ4v) is 6.25. The van der Waals surface area contributed by atoms with E-state index in [1.807, 2.05) is 36.4 Å². The summed E-state index contributed by atoms with van der Waals surface area (Å²) in [5, 5.41) is 0.647. The molecule has 1 fully saturated rings. The Bertz CT molecular complexity index is 1480. The molecule has 0 bridgehead atoms. The molecule has 0 unspecified atom stereocenters. The average molecular weight is 679 g/mol. The number of ether oxygens (including phenoxy) is 1. The summed E-state index contributed by atoms with van der Waals surface area (Å²) in [5.41, 5.74) is 3.88. The number of imide groups is 1. The maximum atomic E-state index is 13.0. The molecule has 3 aromatic carbocycles. The molecule has 2 aliphatic rings. The lowest BCUT2D eigenvalue weighted by atomic mass is 10.00. The van der Waals surface area contributed by atoms with Crippen LogP contribution >= 0.6 is 57.6 Å². The Morgan fingerprint density at radius 2 is 1.84 bits per heavy atom. The molecule has 194 valence electrons. The van der Waals surface area contributed by atoms with Gasteiger partial charge in [0, 0.05) is 28.7 Å². The minimum atomic E-state index is -0.460. The number of amides is 3. The van der Waals surface area contributed by atoms with Gasteiger partial charge in [0.2, 0.25) is 5.91 Å². The smallest absolute Gasteiger partial charge is 0.294 e. The van der Waals surface area contributed by atoms with Crippen molar-refractivity contribution in [2.24, 2.45) is 0 Å². The summed E-state index contributed by atoms with van der Waals surface area (Å²) in [6.07, 6.45) is 2.42. The first-order valence-corrected chi connectivity index (χ1v) is 14.4. The summed E-state index contributed by atoms with van der Waals surface area (Å²) in [6.45, 7) is 1.07. The summed E-state index contributed by atoms with van der Waals surface area (Å²) in [7, 11) is 0. The van der Waals surface area contributed by atoms with E-state index < -0.39 is 11.1 Å². The predicted octanol–water partition coefficient (Wildman–Crippen LogP) is 6.80. The molecule has 0 atom stereocenters. The molecule has 38 heavy (non-hydrogen) atoms. The summed E-state index contributed by atoms with van der Waals surface area (Å²) in [5.74, 6) is -0.0334. The molecule has 2 aliphatic heterocycles. The normalized spacial score (nSPS) is 16.2. The summed E-state index contributed by atoms with van der Waals surface area (Å²) in [6, 6.07) is 18.7. The van der Waals surface area contributed by atoms with Crippen LogP contribution in [-0.4, -0.2) is 39.9 Å². The van der Waals surface area contributed by atoms with Crippen LogP contribution in [0.2, 0.25) is 10.0 Å². The first kappa shape index (κ1) is 27.1. The Morgan fingerprint density at radius 3 is 2.61 bits per heavy atom. The number of nitrogens with zero attached hydrogens (tertiary/aromatic N) is 2. The van der Waals surface area contributed by atoms with Crippen molar-refractivity contribution < 1.29 is 19.1 Å². The third-order valence-electron chi connectivity index (χ3n) is 6.30. The number of carbonyl (C=O) groups excluding carboxylic acids is 3. The second-order valence-corrected chi connectivity index (χ2v) is 11.8. The van der Waals surface area contributed by atoms with Crippen LogP contribution in [0, 0.1) is 3.57 Å². The standard InChI is InChI=1S/C28H21Cl2IN2O4S/c29-21-7-6-20(22(30)13-21)16-37-24-8-5-17(11-23(24)31)12-25-27(35)33(28(36)38-25)15-26(34)32-10-9-18-3-1-2-4-19(18)14-32/h1-8,11-13H,9-10,14-16H2/b25-12-. The first-order chi connectivity index (χ1) is 18.3. The average Bonchev–Trinajstić information content (AvgIpc) is 3.16. The molecule has 6 nitrogen and oxygen atoms in total. The van der Waals surface area contributed by atoms with Crippen molar-refractivity contribution in [3.63, 3.8) is 0 Å². The molecule has 0 saturated carbocycles. The van der Waals surface area contributed by atoms with Crippen LogP contribution in [0.25, 0.3) is 6.08 Å². The molecule has 1 saturated heterocycles. The zero-order chi connectivity index (χ0) is 26.8. The molecule has 10 heteroatoms. The molecule has 5 rings (SSSR count). The van der Waals surface area contributed by atoms with Crippen molar-refractivity contribution in [2.75, 3.05) is 13.1 Å². The second-order valence-electron chi connectivity index (χ2n) is 8.82. The third-order valence-corrected chi connectivity index (χ3v) is 8.64. The van der Waals surface area contributed by atoms with E-state index >= 15 is 0 Å². The van der Waals surface area contributed by atoms with Gasteiger partial charge in [-0.3, -0.25) is 19.3 Å². The quantitative estimate of drug-likeness (QED) is 0.212. The van der Waals surface area contributed by atoms with Gasteiger partial charge < -0.3 is 9.64 Å². The van der Waals surface area contributed by atoms with Crippen LogP contribution in [-0.2, 0) is 29.2 Å². The summed E-state index contributed by atoms with van der Waals surface area (Å²) < 4.78 is 6.75. The maximum Gasteiger partial charge on any atom is 0.294 e. The number of hydrogen-bond acceptors (Lipinski definition) is 5. The molecule has 0 aromatic heterocycles. The van der Waals surface area contributed by atoms with E-state index in [4.69, 9.17) is 27.9 Å². The van der Waals surface area contributed by atoms with Gasteiger partial charge in [-0.25, -0.2) is 0 Å². The van der Waals surface area contributed by atoms with Crippen LogP contribution in [0.5, 0.6) is 5.75 Å². The van der Waals surface area contributed by atoms with Gasteiger partial charge in [0.15, 0.2) is 0 Å². The lowest BCUT2D eigenvalue weighted by molar-refractivity contribution is -0.136. The summed E-state index contributed by atoms with van der Waals surface area (Å²) in [4.78, 5) is 41.5. The Kier molecular flexibility index (Phi) is 8.32. The van der Waals surface area contributed by atoms with E-state index in [0.29, 0.717) is 28.9 Å².